The number of hydrogen-bond donors (Lipinski definition) is 0. The Labute approximate surface area is 126 Å². The standard InChI is InChI=1S/C17H15NO2S/c1-2-12-3-5-13(6-4-12)15(19)11-18-9-7-16-14(17(18)20)8-10-21-16/h3-10H,2,11H2,1H3. The summed E-state index contributed by atoms with van der Waals surface area (Å²) in [6.07, 6.45) is 2.64. The van der Waals surface area contributed by atoms with Gasteiger partial charge in [-0.15, -0.1) is 11.3 Å². The van der Waals surface area contributed by atoms with Crippen molar-refractivity contribution in [3.05, 3.63) is 69.5 Å². The van der Waals surface area contributed by atoms with Crippen molar-refractivity contribution in [2.75, 3.05) is 0 Å². The lowest BCUT2D eigenvalue weighted by molar-refractivity contribution is 0.0971. The molecule has 0 N–H and O–H groups in total. The van der Waals surface area contributed by atoms with Crippen LogP contribution in [0.1, 0.15) is 22.8 Å². The summed E-state index contributed by atoms with van der Waals surface area (Å²) in [7, 11) is 0. The minimum Gasteiger partial charge on any atom is -0.307 e. The van der Waals surface area contributed by atoms with Gasteiger partial charge in [0.25, 0.3) is 5.56 Å². The van der Waals surface area contributed by atoms with Crippen LogP contribution in [0.25, 0.3) is 10.1 Å². The first-order valence-electron chi connectivity index (χ1n) is 6.88. The smallest absolute Gasteiger partial charge is 0.259 e. The first-order valence-corrected chi connectivity index (χ1v) is 7.76. The zero-order valence-corrected chi connectivity index (χ0v) is 12.5. The average molecular weight is 297 g/mol. The molecule has 0 saturated heterocycles. The second kappa shape index (κ2) is 5.66. The van der Waals surface area contributed by atoms with Gasteiger partial charge >= 0.3 is 0 Å². The zero-order valence-electron chi connectivity index (χ0n) is 11.7. The minimum absolute atomic E-state index is 0.0469. The number of carbonyl (C=O) groups excluding carboxylic acids is 1. The number of hydrogen-bond acceptors (Lipinski definition) is 3. The summed E-state index contributed by atoms with van der Waals surface area (Å²) in [4.78, 5) is 24.6. The molecule has 0 bridgehead atoms. The molecule has 3 aromatic rings. The molecule has 2 heterocycles. The van der Waals surface area contributed by atoms with Crippen molar-refractivity contribution in [1.82, 2.24) is 4.57 Å². The molecular formula is C17H15NO2S. The maximum Gasteiger partial charge on any atom is 0.259 e. The fraction of sp³-hybridized carbons (Fsp3) is 0.176. The third kappa shape index (κ3) is 2.67. The number of thiophene rings is 1. The Hall–Kier alpha value is -2.20. The highest BCUT2D eigenvalue weighted by Gasteiger charge is 2.10. The van der Waals surface area contributed by atoms with E-state index in [9.17, 15) is 9.59 Å². The van der Waals surface area contributed by atoms with E-state index >= 15 is 0 Å². The summed E-state index contributed by atoms with van der Waals surface area (Å²) in [6, 6.07) is 11.3. The Bertz CT molecular complexity index is 843. The van der Waals surface area contributed by atoms with Gasteiger partial charge in [0, 0.05) is 16.5 Å². The number of aromatic nitrogens is 1. The SMILES string of the molecule is CCc1ccc(C(=O)Cn2ccc3sccc3c2=O)cc1. The molecule has 4 heteroatoms. The fourth-order valence-electron chi connectivity index (χ4n) is 2.30. The number of aryl methyl sites for hydroxylation is 1. The topological polar surface area (TPSA) is 39.1 Å². The van der Waals surface area contributed by atoms with Crippen LogP contribution < -0.4 is 5.56 Å². The first-order chi connectivity index (χ1) is 10.2. The fourth-order valence-corrected chi connectivity index (χ4v) is 3.08. The highest BCUT2D eigenvalue weighted by atomic mass is 32.1. The number of nitrogens with zero attached hydrogens (tertiary/aromatic N) is 1. The molecule has 0 saturated carbocycles. The van der Waals surface area contributed by atoms with Gasteiger partial charge in [-0.2, -0.15) is 0 Å². The second-order valence-corrected chi connectivity index (χ2v) is 5.87. The Morgan fingerprint density at radius 3 is 2.62 bits per heavy atom. The average Bonchev–Trinajstić information content (AvgIpc) is 2.99. The summed E-state index contributed by atoms with van der Waals surface area (Å²) in [6.45, 7) is 2.16. The van der Waals surface area contributed by atoms with E-state index in [1.807, 2.05) is 35.7 Å². The van der Waals surface area contributed by atoms with Gasteiger partial charge in [0.1, 0.15) is 0 Å². The van der Waals surface area contributed by atoms with Crippen molar-refractivity contribution >= 4 is 27.2 Å². The van der Waals surface area contributed by atoms with Crippen LogP contribution in [0.3, 0.4) is 0 Å². The molecule has 0 unspecified atom stereocenters. The van der Waals surface area contributed by atoms with Crippen LogP contribution in [0.2, 0.25) is 0 Å². The molecular weight excluding hydrogens is 282 g/mol. The molecule has 3 nitrogen and oxygen atoms in total. The number of carbonyl (C=O) groups is 1. The van der Waals surface area contributed by atoms with Crippen molar-refractivity contribution in [1.29, 1.82) is 0 Å². The first kappa shape index (κ1) is 13.8. The van der Waals surface area contributed by atoms with E-state index in [4.69, 9.17) is 0 Å². The molecule has 0 aliphatic rings. The normalized spacial score (nSPS) is 10.9. The van der Waals surface area contributed by atoms with Crippen LogP contribution in [0, 0.1) is 0 Å². The molecule has 1 aromatic carbocycles. The Morgan fingerprint density at radius 2 is 1.90 bits per heavy atom. The van der Waals surface area contributed by atoms with E-state index in [0.717, 1.165) is 11.1 Å². The predicted octanol–water partition coefficient (Wildman–Crippen LogP) is 3.51. The van der Waals surface area contributed by atoms with Crippen LogP contribution in [-0.4, -0.2) is 10.4 Å². The quantitative estimate of drug-likeness (QED) is 0.691. The highest BCUT2D eigenvalue weighted by Crippen LogP contribution is 2.16. The highest BCUT2D eigenvalue weighted by molar-refractivity contribution is 7.17. The van der Waals surface area contributed by atoms with Gasteiger partial charge in [-0.25, -0.2) is 0 Å². The molecule has 21 heavy (non-hydrogen) atoms. The van der Waals surface area contributed by atoms with E-state index in [2.05, 4.69) is 6.92 Å². The third-order valence-corrected chi connectivity index (χ3v) is 4.47. The Kier molecular flexibility index (Phi) is 3.71. The molecule has 0 fully saturated rings. The largest absolute Gasteiger partial charge is 0.307 e. The van der Waals surface area contributed by atoms with Gasteiger partial charge in [0.15, 0.2) is 5.78 Å². The van der Waals surface area contributed by atoms with Gasteiger partial charge in [-0.1, -0.05) is 31.2 Å². The van der Waals surface area contributed by atoms with Gasteiger partial charge in [-0.3, -0.25) is 9.59 Å². The van der Waals surface area contributed by atoms with Gasteiger partial charge < -0.3 is 4.57 Å². The number of benzene rings is 1. The van der Waals surface area contributed by atoms with Crippen LogP contribution in [-0.2, 0) is 13.0 Å². The van der Waals surface area contributed by atoms with E-state index in [0.29, 0.717) is 10.9 Å². The minimum atomic E-state index is -0.104. The molecule has 0 radical (unpaired) electrons. The molecule has 2 aromatic heterocycles. The maximum absolute atomic E-state index is 12.3. The maximum atomic E-state index is 12.3. The summed E-state index contributed by atoms with van der Waals surface area (Å²) < 4.78 is 2.43. The lowest BCUT2D eigenvalue weighted by Gasteiger charge is -2.06. The van der Waals surface area contributed by atoms with Crippen LogP contribution in [0.15, 0.2) is 52.8 Å². The summed E-state index contributed by atoms with van der Waals surface area (Å²) in [5.74, 6) is -0.0469. The van der Waals surface area contributed by atoms with Crippen LogP contribution in [0.5, 0.6) is 0 Å². The van der Waals surface area contributed by atoms with E-state index in [1.54, 1.807) is 12.3 Å². The lowest BCUT2D eigenvalue weighted by atomic mass is 10.1. The van der Waals surface area contributed by atoms with Crippen molar-refractivity contribution in [3.63, 3.8) is 0 Å². The van der Waals surface area contributed by atoms with Gasteiger partial charge in [0.2, 0.25) is 0 Å². The van der Waals surface area contributed by atoms with Gasteiger partial charge in [0.05, 0.1) is 11.9 Å². The predicted molar refractivity (Wildman–Crippen MR) is 86.2 cm³/mol. The molecule has 0 aliphatic carbocycles. The van der Waals surface area contributed by atoms with Crippen LogP contribution >= 0.6 is 11.3 Å². The van der Waals surface area contributed by atoms with E-state index in [-0.39, 0.29) is 17.9 Å². The van der Waals surface area contributed by atoms with Crippen molar-refractivity contribution in [3.8, 4) is 0 Å². The monoisotopic (exact) mass is 297 g/mol. The Balaban J connectivity index is 1.88. The second-order valence-electron chi connectivity index (χ2n) is 4.92. The Morgan fingerprint density at radius 1 is 1.14 bits per heavy atom. The molecule has 0 spiro atoms. The molecule has 0 amide bonds. The van der Waals surface area contributed by atoms with E-state index < -0.39 is 0 Å². The number of pyridine rings is 1. The molecule has 0 aliphatic heterocycles. The number of rotatable bonds is 4. The van der Waals surface area contributed by atoms with Crippen molar-refractivity contribution < 1.29 is 4.79 Å². The summed E-state index contributed by atoms with van der Waals surface area (Å²) >= 11 is 1.53. The zero-order chi connectivity index (χ0) is 14.8. The molecule has 0 atom stereocenters. The number of ketones is 1. The summed E-state index contributed by atoms with van der Waals surface area (Å²) in [5, 5.41) is 2.57. The number of Topliss-reactive ketones (excluding diaryl/α,β-unsaturated/α-hetero) is 1. The third-order valence-electron chi connectivity index (χ3n) is 3.59. The van der Waals surface area contributed by atoms with Gasteiger partial charge in [-0.05, 0) is 29.5 Å². The summed E-state index contributed by atoms with van der Waals surface area (Å²) in [5.41, 5.74) is 1.74. The van der Waals surface area contributed by atoms with Crippen LogP contribution in [0.4, 0.5) is 0 Å². The van der Waals surface area contributed by atoms with E-state index in [1.165, 1.54) is 21.5 Å². The van der Waals surface area contributed by atoms with Crippen molar-refractivity contribution in [2.24, 2.45) is 0 Å². The van der Waals surface area contributed by atoms with Crippen molar-refractivity contribution in [2.45, 2.75) is 19.9 Å². The number of fused-ring (bicyclic) bond motifs is 1. The molecule has 3 rings (SSSR count). The molecule has 106 valence electrons. The lowest BCUT2D eigenvalue weighted by Crippen LogP contribution is -2.23.